The molecule has 1 heterocycles. The fourth-order valence-corrected chi connectivity index (χ4v) is 3.57. The Morgan fingerprint density at radius 3 is 2.08 bits per heavy atom. The summed E-state index contributed by atoms with van der Waals surface area (Å²) in [6, 6.07) is 19.7. The molecule has 2 aliphatic rings. The van der Waals surface area contributed by atoms with Crippen LogP contribution in [0.1, 0.15) is 6.42 Å². The Balaban J connectivity index is 1.28. The summed E-state index contributed by atoms with van der Waals surface area (Å²) in [5.74, 6) is -0.250. The standard InChI is InChI=1S/C21H23N3O2/c25-20(22-16-7-3-1-4-8-16)18-15-19(18)21(26)24-13-11-23(12-14-24)17-9-5-2-6-10-17/h1-10,18-19H,11-15H2,(H,22,25). The average Bonchev–Trinajstić information content (AvgIpc) is 3.50. The number of anilines is 2. The Bertz CT molecular complexity index is 770. The number of hydrogen-bond donors (Lipinski definition) is 1. The molecule has 2 aromatic rings. The van der Waals surface area contributed by atoms with Crippen LogP contribution in [-0.2, 0) is 9.59 Å². The highest BCUT2D eigenvalue weighted by molar-refractivity contribution is 5.99. The molecule has 0 radical (unpaired) electrons. The van der Waals surface area contributed by atoms with Gasteiger partial charge in [-0.05, 0) is 30.7 Å². The number of nitrogens with one attached hydrogen (secondary N) is 1. The third-order valence-corrected chi connectivity index (χ3v) is 5.20. The third kappa shape index (κ3) is 3.57. The lowest BCUT2D eigenvalue weighted by Crippen LogP contribution is -2.49. The molecule has 1 saturated carbocycles. The average molecular weight is 349 g/mol. The van der Waals surface area contributed by atoms with Gasteiger partial charge in [-0.2, -0.15) is 0 Å². The minimum atomic E-state index is -0.185. The van der Waals surface area contributed by atoms with Crippen molar-refractivity contribution in [1.29, 1.82) is 0 Å². The van der Waals surface area contributed by atoms with E-state index in [0.29, 0.717) is 6.42 Å². The second kappa shape index (κ2) is 7.20. The number of piperazine rings is 1. The summed E-state index contributed by atoms with van der Waals surface area (Å²) in [6.45, 7) is 3.11. The number of hydrogen-bond acceptors (Lipinski definition) is 3. The molecule has 1 N–H and O–H groups in total. The zero-order chi connectivity index (χ0) is 17.9. The molecule has 0 bridgehead atoms. The normalized spacial score (nSPS) is 22.0. The van der Waals surface area contributed by atoms with Crippen LogP contribution in [0.15, 0.2) is 60.7 Å². The summed E-state index contributed by atoms with van der Waals surface area (Å²) in [5.41, 5.74) is 1.98. The second-order valence-corrected chi connectivity index (χ2v) is 6.95. The number of benzene rings is 2. The molecule has 2 unspecified atom stereocenters. The van der Waals surface area contributed by atoms with E-state index in [1.165, 1.54) is 5.69 Å². The maximum Gasteiger partial charge on any atom is 0.228 e. The van der Waals surface area contributed by atoms with E-state index in [-0.39, 0.29) is 23.7 Å². The zero-order valence-corrected chi connectivity index (χ0v) is 14.7. The van der Waals surface area contributed by atoms with Crippen LogP contribution in [-0.4, -0.2) is 42.9 Å². The molecular weight excluding hydrogens is 326 g/mol. The number of rotatable bonds is 4. The molecule has 26 heavy (non-hydrogen) atoms. The van der Waals surface area contributed by atoms with Gasteiger partial charge in [-0.1, -0.05) is 36.4 Å². The summed E-state index contributed by atoms with van der Waals surface area (Å²) < 4.78 is 0. The van der Waals surface area contributed by atoms with Gasteiger partial charge in [-0.15, -0.1) is 0 Å². The first-order chi connectivity index (χ1) is 12.7. The predicted molar refractivity (Wildman–Crippen MR) is 102 cm³/mol. The fraction of sp³-hybridized carbons (Fsp3) is 0.333. The van der Waals surface area contributed by atoms with Crippen LogP contribution in [0.4, 0.5) is 11.4 Å². The molecule has 2 fully saturated rings. The number of nitrogens with zero attached hydrogens (tertiary/aromatic N) is 2. The van der Waals surface area contributed by atoms with Crippen molar-refractivity contribution in [3.63, 3.8) is 0 Å². The van der Waals surface area contributed by atoms with E-state index < -0.39 is 0 Å². The minimum absolute atomic E-state index is 0.0440. The van der Waals surface area contributed by atoms with Gasteiger partial charge in [0, 0.05) is 37.6 Å². The lowest BCUT2D eigenvalue weighted by atomic mass is 10.2. The maximum absolute atomic E-state index is 12.7. The number of para-hydroxylation sites is 2. The Morgan fingerprint density at radius 2 is 1.42 bits per heavy atom. The van der Waals surface area contributed by atoms with Gasteiger partial charge in [-0.25, -0.2) is 0 Å². The molecule has 0 spiro atoms. The number of carbonyl (C=O) groups excluding carboxylic acids is 2. The van der Waals surface area contributed by atoms with E-state index in [4.69, 9.17) is 0 Å². The lowest BCUT2D eigenvalue weighted by Gasteiger charge is -2.36. The minimum Gasteiger partial charge on any atom is -0.368 e. The molecule has 5 nitrogen and oxygen atoms in total. The SMILES string of the molecule is O=C(Nc1ccccc1)C1CC1C(=O)N1CCN(c2ccccc2)CC1. The molecule has 5 heteroatoms. The van der Waals surface area contributed by atoms with Crippen LogP contribution in [0.25, 0.3) is 0 Å². The van der Waals surface area contributed by atoms with E-state index in [0.717, 1.165) is 31.9 Å². The lowest BCUT2D eigenvalue weighted by molar-refractivity contribution is -0.134. The highest BCUT2D eigenvalue weighted by Gasteiger charge is 2.49. The molecule has 2 amide bonds. The number of amides is 2. The van der Waals surface area contributed by atoms with E-state index in [2.05, 4.69) is 22.3 Å². The molecule has 1 aliphatic heterocycles. The predicted octanol–water partition coefficient (Wildman–Crippen LogP) is 2.61. The second-order valence-electron chi connectivity index (χ2n) is 6.95. The van der Waals surface area contributed by atoms with Crippen molar-refractivity contribution in [3.05, 3.63) is 60.7 Å². The van der Waals surface area contributed by atoms with Crippen LogP contribution in [0, 0.1) is 11.8 Å². The Labute approximate surface area is 153 Å². The van der Waals surface area contributed by atoms with Crippen molar-refractivity contribution in [3.8, 4) is 0 Å². The topological polar surface area (TPSA) is 52.7 Å². The highest BCUT2D eigenvalue weighted by atomic mass is 16.2. The summed E-state index contributed by atoms with van der Waals surface area (Å²) >= 11 is 0. The van der Waals surface area contributed by atoms with Gasteiger partial charge in [-0.3, -0.25) is 9.59 Å². The monoisotopic (exact) mass is 349 g/mol. The zero-order valence-electron chi connectivity index (χ0n) is 14.7. The quantitative estimate of drug-likeness (QED) is 0.923. The van der Waals surface area contributed by atoms with E-state index in [1.807, 2.05) is 53.4 Å². The first kappa shape index (κ1) is 16.6. The van der Waals surface area contributed by atoms with Gasteiger partial charge in [0.25, 0.3) is 0 Å². The smallest absolute Gasteiger partial charge is 0.228 e. The van der Waals surface area contributed by atoms with Crippen LogP contribution >= 0.6 is 0 Å². The largest absolute Gasteiger partial charge is 0.368 e. The van der Waals surface area contributed by atoms with Gasteiger partial charge < -0.3 is 15.1 Å². The van der Waals surface area contributed by atoms with Crippen molar-refractivity contribution in [2.75, 3.05) is 36.4 Å². The highest BCUT2D eigenvalue weighted by Crippen LogP contribution is 2.41. The number of carbonyl (C=O) groups is 2. The summed E-state index contributed by atoms with van der Waals surface area (Å²) in [5, 5.41) is 2.90. The Kier molecular flexibility index (Phi) is 4.61. The van der Waals surface area contributed by atoms with Crippen molar-refractivity contribution in [2.45, 2.75) is 6.42 Å². The van der Waals surface area contributed by atoms with Gasteiger partial charge >= 0.3 is 0 Å². The maximum atomic E-state index is 12.7. The van der Waals surface area contributed by atoms with Crippen LogP contribution < -0.4 is 10.2 Å². The Morgan fingerprint density at radius 1 is 0.808 bits per heavy atom. The molecule has 0 aromatic heterocycles. The molecule has 4 rings (SSSR count). The molecule has 2 aromatic carbocycles. The van der Waals surface area contributed by atoms with Gasteiger partial charge in [0.1, 0.15) is 0 Å². The van der Waals surface area contributed by atoms with E-state index in [9.17, 15) is 9.59 Å². The van der Waals surface area contributed by atoms with Crippen molar-refractivity contribution in [1.82, 2.24) is 4.90 Å². The van der Waals surface area contributed by atoms with E-state index >= 15 is 0 Å². The summed E-state index contributed by atoms with van der Waals surface area (Å²) in [7, 11) is 0. The van der Waals surface area contributed by atoms with Gasteiger partial charge in [0.2, 0.25) is 11.8 Å². The summed E-state index contributed by atoms with van der Waals surface area (Å²) in [4.78, 5) is 29.2. The third-order valence-electron chi connectivity index (χ3n) is 5.20. The molecular formula is C21H23N3O2. The van der Waals surface area contributed by atoms with Crippen molar-refractivity contribution < 1.29 is 9.59 Å². The molecule has 2 atom stereocenters. The Hall–Kier alpha value is -2.82. The molecule has 1 saturated heterocycles. The molecule has 134 valence electrons. The van der Waals surface area contributed by atoms with Gasteiger partial charge in [0.05, 0.1) is 11.8 Å². The first-order valence-corrected chi connectivity index (χ1v) is 9.17. The van der Waals surface area contributed by atoms with E-state index in [1.54, 1.807) is 0 Å². The first-order valence-electron chi connectivity index (χ1n) is 9.17. The molecule has 1 aliphatic carbocycles. The summed E-state index contributed by atoms with van der Waals surface area (Å²) in [6.07, 6.45) is 0.663. The van der Waals surface area contributed by atoms with Crippen LogP contribution in [0.3, 0.4) is 0 Å². The van der Waals surface area contributed by atoms with Gasteiger partial charge in [0.15, 0.2) is 0 Å². The van der Waals surface area contributed by atoms with Crippen LogP contribution in [0.5, 0.6) is 0 Å². The fourth-order valence-electron chi connectivity index (χ4n) is 3.57. The van der Waals surface area contributed by atoms with Crippen LogP contribution in [0.2, 0.25) is 0 Å². The van der Waals surface area contributed by atoms with Crippen molar-refractivity contribution >= 4 is 23.2 Å². The van der Waals surface area contributed by atoms with Crippen molar-refractivity contribution in [2.24, 2.45) is 11.8 Å².